The number of Topliss-reactive ketones (excluding diaryl/α,β-unsaturated/α-hetero) is 1. The van der Waals surface area contributed by atoms with Crippen molar-refractivity contribution in [1.29, 1.82) is 0 Å². The fraction of sp³-hybridized carbons (Fsp3) is 0.160. The Labute approximate surface area is 208 Å². The van der Waals surface area contributed by atoms with Crippen molar-refractivity contribution in [2.75, 3.05) is 12.0 Å². The molecule has 172 valence electrons. The summed E-state index contributed by atoms with van der Waals surface area (Å²) in [7, 11) is 1.56. The first-order valence-corrected chi connectivity index (χ1v) is 12.4. The molecule has 0 saturated carbocycles. The molecule has 1 amide bonds. The highest BCUT2D eigenvalue weighted by Gasteiger charge is 2.48. The van der Waals surface area contributed by atoms with Crippen LogP contribution in [0.5, 0.6) is 5.75 Å². The van der Waals surface area contributed by atoms with E-state index >= 15 is 0 Å². The molecule has 0 radical (unpaired) electrons. The Bertz CT molecular complexity index is 1450. The minimum absolute atomic E-state index is 0.0363. The summed E-state index contributed by atoms with van der Waals surface area (Å²) in [5, 5.41) is 14.1. The molecule has 1 N–H and O–H groups in total. The van der Waals surface area contributed by atoms with Crippen LogP contribution in [-0.2, 0) is 9.59 Å². The fourth-order valence-electron chi connectivity index (χ4n) is 4.06. The number of carbonyl (C=O) groups excluding carboxylic acids is 2. The number of methoxy groups -OCH3 is 1. The quantitative estimate of drug-likeness (QED) is 0.199. The highest BCUT2D eigenvalue weighted by Crippen LogP contribution is 2.46. The van der Waals surface area contributed by atoms with Gasteiger partial charge in [-0.3, -0.25) is 14.5 Å². The summed E-state index contributed by atoms with van der Waals surface area (Å²) in [6.45, 7) is 3.71. The number of fused-ring (bicyclic) bond motifs is 1. The number of hydrogen-bond donors (Lipinski definition) is 1. The number of ketones is 1. The number of aliphatic hydroxyl groups excluding tert-OH is 1. The zero-order valence-corrected chi connectivity index (χ0v) is 20.8. The first kappa shape index (κ1) is 22.6. The number of aryl methyl sites for hydroxylation is 2. The number of aliphatic hydroxyl groups is 1. The maximum absolute atomic E-state index is 13.3. The van der Waals surface area contributed by atoms with E-state index < -0.39 is 17.7 Å². The summed E-state index contributed by atoms with van der Waals surface area (Å²) >= 11 is 8.98. The van der Waals surface area contributed by atoms with Crippen LogP contribution >= 0.6 is 34.3 Å². The van der Waals surface area contributed by atoms with Crippen molar-refractivity contribution in [2.24, 2.45) is 0 Å². The van der Waals surface area contributed by atoms with Crippen LogP contribution in [0.2, 0.25) is 5.02 Å². The van der Waals surface area contributed by atoms with Crippen molar-refractivity contribution < 1.29 is 19.4 Å². The Morgan fingerprint density at radius 1 is 1.15 bits per heavy atom. The molecule has 1 unspecified atom stereocenters. The zero-order chi connectivity index (χ0) is 24.1. The number of benzene rings is 2. The molecule has 0 spiro atoms. The van der Waals surface area contributed by atoms with E-state index in [1.807, 2.05) is 37.4 Å². The Morgan fingerprint density at radius 3 is 2.62 bits per heavy atom. The van der Waals surface area contributed by atoms with Crippen LogP contribution in [0.25, 0.3) is 16.0 Å². The van der Waals surface area contributed by atoms with Gasteiger partial charge >= 0.3 is 5.91 Å². The van der Waals surface area contributed by atoms with Gasteiger partial charge < -0.3 is 9.84 Å². The minimum atomic E-state index is -0.793. The van der Waals surface area contributed by atoms with E-state index in [4.69, 9.17) is 16.3 Å². The summed E-state index contributed by atoms with van der Waals surface area (Å²) in [4.78, 5) is 33.4. The number of anilines is 1. The molecule has 1 fully saturated rings. The third kappa shape index (κ3) is 3.58. The standard InChI is InChI=1S/C25H19ClN2O4S2/c1-12-9-14(32-3)6-7-15(12)22(29)20-21(18-5-4-8-33-18)28(24(31)23(20)30)25-27-17-11-16(26)13(2)10-19(17)34-25/h4-11,21,29H,1-3H3/b22-20+. The second-order valence-corrected chi connectivity index (χ2v) is 10.3. The molecule has 5 rings (SSSR count). The number of thiophene rings is 1. The molecule has 2 aromatic heterocycles. The molecule has 0 aliphatic carbocycles. The van der Waals surface area contributed by atoms with Gasteiger partial charge in [0.05, 0.1) is 22.9 Å². The van der Waals surface area contributed by atoms with Gasteiger partial charge in [0, 0.05) is 15.5 Å². The molecule has 34 heavy (non-hydrogen) atoms. The number of amides is 1. The van der Waals surface area contributed by atoms with E-state index in [2.05, 4.69) is 4.98 Å². The minimum Gasteiger partial charge on any atom is -0.507 e. The molecule has 1 aliphatic rings. The van der Waals surface area contributed by atoms with Gasteiger partial charge in [-0.15, -0.1) is 11.3 Å². The number of carbonyl (C=O) groups is 2. The summed E-state index contributed by atoms with van der Waals surface area (Å²) in [5.41, 5.74) is 2.77. The van der Waals surface area contributed by atoms with Gasteiger partial charge in [-0.25, -0.2) is 4.98 Å². The maximum atomic E-state index is 13.3. The van der Waals surface area contributed by atoms with Crippen molar-refractivity contribution in [3.63, 3.8) is 0 Å². The summed E-state index contributed by atoms with van der Waals surface area (Å²) in [6, 6.07) is 11.7. The first-order chi connectivity index (χ1) is 16.3. The molecule has 1 atom stereocenters. The largest absolute Gasteiger partial charge is 0.507 e. The van der Waals surface area contributed by atoms with E-state index in [1.165, 1.54) is 27.6 Å². The Morgan fingerprint density at radius 2 is 1.94 bits per heavy atom. The van der Waals surface area contributed by atoms with Crippen LogP contribution in [0.1, 0.15) is 27.6 Å². The molecule has 9 heteroatoms. The Kier molecular flexibility index (Phi) is 5.67. The van der Waals surface area contributed by atoms with Crippen molar-refractivity contribution in [3.05, 3.63) is 80.0 Å². The molecule has 3 heterocycles. The van der Waals surface area contributed by atoms with Gasteiger partial charge in [0.15, 0.2) is 5.13 Å². The van der Waals surface area contributed by atoms with Crippen LogP contribution in [0.3, 0.4) is 0 Å². The predicted octanol–water partition coefficient (Wildman–Crippen LogP) is 6.26. The van der Waals surface area contributed by atoms with Crippen LogP contribution in [0, 0.1) is 13.8 Å². The lowest BCUT2D eigenvalue weighted by Gasteiger charge is -2.21. The van der Waals surface area contributed by atoms with Crippen LogP contribution in [0.4, 0.5) is 5.13 Å². The lowest BCUT2D eigenvalue weighted by atomic mass is 9.97. The van der Waals surface area contributed by atoms with Crippen molar-refractivity contribution in [3.8, 4) is 5.75 Å². The van der Waals surface area contributed by atoms with Crippen LogP contribution < -0.4 is 9.64 Å². The maximum Gasteiger partial charge on any atom is 0.301 e. The van der Waals surface area contributed by atoms with Gasteiger partial charge in [0.1, 0.15) is 17.6 Å². The van der Waals surface area contributed by atoms with E-state index in [1.54, 1.807) is 31.4 Å². The molecular weight excluding hydrogens is 492 g/mol. The third-order valence-electron chi connectivity index (χ3n) is 5.81. The lowest BCUT2D eigenvalue weighted by molar-refractivity contribution is -0.132. The number of ether oxygens (including phenoxy) is 1. The average molecular weight is 511 g/mol. The van der Waals surface area contributed by atoms with E-state index in [0.717, 1.165) is 20.7 Å². The highest BCUT2D eigenvalue weighted by molar-refractivity contribution is 7.22. The molecule has 1 aliphatic heterocycles. The van der Waals surface area contributed by atoms with Gasteiger partial charge in [0.2, 0.25) is 0 Å². The van der Waals surface area contributed by atoms with Crippen molar-refractivity contribution in [1.82, 2.24) is 4.98 Å². The highest BCUT2D eigenvalue weighted by atomic mass is 35.5. The van der Waals surface area contributed by atoms with E-state index in [-0.39, 0.29) is 11.3 Å². The number of aromatic nitrogens is 1. The Hall–Kier alpha value is -3.20. The van der Waals surface area contributed by atoms with Gasteiger partial charge in [-0.05, 0) is 66.8 Å². The van der Waals surface area contributed by atoms with Gasteiger partial charge in [-0.2, -0.15) is 0 Å². The van der Waals surface area contributed by atoms with E-state index in [0.29, 0.717) is 27.0 Å². The number of rotatable bonds is 4. The predicted molar refractivity (Wildman–Crippen MR) is 136 cm³/mol. The molecule has 6 nitrogen and oxygen atoms in total. The lowest BCUT2D eigenvalue weighted by Crippen LogP contribution is -2.28. The summed E-state index contributed by atoms with van der Waals surface area (Å²) in [5.74, 6) is -1.07. The molecule has 1 saturated heterocycles. The molecular formula is C25H19ClN2O4S2. The second-order valence-electron chi connectivity index (χ2n) is 7.93. The van der Waals surface area contributed by atoms with Gasteiger partial charge in [-0.1, -0.05) is 29.0 Å². The third-order valence-corrected chi connectivity index (χ3v) is 8.16. The smallest absolute Gasteiger partial charge is 0.301 e. The van der Waals surface area contributed by atoms with Crippen molar-refractivity contribution in [2.45, 2.75) is 19.9 Å². The topological polar surface area (TPSA) is 79.7 Å². The van der Waals surface area contributed by atoms with Gasteiger partial charge in [0.25, 0.3) is 5.78 Å². The van der Waals surface area contributed by atoms with Crippen molar-refractivity contribution >= 4 is 67.1 Å². The molecule has 4 aromatic rings. The number of halogens is 1. The normalized spacial score (nSPS) is 17.6. The average Bonchev–Trinajstić information content (AvgIpc) is 3.53. The number of nitrogens with zero attached hydrogens (tertiary/aromatic N) is 2. The number of hydrogen-bond acceptors (Lipinski definition) is 7. The zero-order valence-electron chi connectivity index (χ0n) is 18.5. The monoisotopic (exact) mass is 510 g/mol. The Balaban J connectivity index is 1.71. The van der Waals surface area contributed by atoms with E-state index in [9.17, 15) is 14.7 Å². The van der Waals surface area contributed by atoms with Crippen LogP contribution in [-0.4, -0.2) is 28.9 Å². The molecule has 2 aromatic carbocycles. The summed E-state index contributed by atoms with van der Waals surface area (Å²) < 4.78 is 6.11. The number of thiazole rings is 1. The summed E-state index contributed by atoms with van der Waals surface area (Å²) in [6.07, 6.45) is 0. The fourth-order valence-corrected chi connectivity index (χ4v) is 6.11. The SMILES string of the molecule is COc1ccc(/C(O)=C2\C(=O)C(=O)N(c3nc4cc(Cl)c(C)cc4s3)C2c2cccs2)c(C)c1. The molecule has 0 bridgehead atoms. The van der Waals surface area contributed by atoms with Crippen LogP contribution in [0.15, 0.2) is 53.4 Å². The second kappa shape index (κ2) is 8.54. The first-order valence-electron chi connectivity index (χ1n) is 10.4.